The molecule has 6 aromatic rings. The van der Waals surface area contributed by atoms with Crippen molar-refractivity contribution in [3.63, 3.8) is 0 Å². The summed E-state index contributed by atoms with van der Waals surface area (Å²) in [5.74, 6) is -0.453. The number of rotatable bonds is 18. The van der Waals surface area contributed by atoms with Crippen LogP contribution in [0.2, 0.25) is 20.1 Å². The molecule has 3 saturated heterocycles. The predicted molar refractivity (Wildman–Crippen MR) is 309 cm³/mol. The van der Waals surface area contributed by atoms with Crippen LogP contribution in [0, 0.1) is 23.5 Å². The van der Waals surface area contributed by atoms with Gasteiger partial charge in [-0.1, -0.05) is 76.3 Å². The van der Waals surface area contributed by atoms with Gasteiger partial charge in [0.2, 0.25) is 0 Å². The van der Waals surface area contributed by atoms with E-state index in [1.54, 1.807) is 48.5 Å². The van der Waals surface area contributed by atoms with E-state index in [0.717, 1.165) is 80.6 Å². The molecule has 13 rings (SSSR count). The molecule has 2 N–H and O–H groups in total. The standard InChI is InChI=1S/C33H36Cl2FN3O6S.C26H23Cl2FN2O4.CH4/c34-26-2-1-3-27(35)30(26)31-25(32(45-38-31)19-4-5-19)18-44-29-16-22-14-20(29)17-39(22)21-6-7-24(28(36)15-21)33(40)37-10-13-46(41,42)23-8-11-43-12-9-23;27-19-2-1-3-20(28)23(19)24-18(25(35-30-24)13-4-5-13)12-34-22-10-16-8-14(22)11-31(16)15-6-7-17(26(32)33)21(29)9-15;/h1-3,6-7,15,19-20,22-23,29H,4-5,8-14,16-18H2,(H,37,40);1-3,6-7,9,13-14,16,22H,4-5,8,10-12H2,(H,32,33);1H4/t20-,22-,29+;14-,16-,22+;/m00./s1. The molecule has 1 amide bonds. The van der Waals surface area contributed by atoms with Gasteiger partial charge in [-0.3, -0.25) is 4.79 Å². The fraction of sp³-hybridized carbons (Fsp3) is 0.467. The highest BCUT2D eigenvalue weighted by Crippen LogP contribution is 2.50. The van der Waals surface area contributed by atoms with Crippen molar-refractivity contribution in [2.24, 2.45) is 11.8 Å². The number of halogens is 6. The molecular weight excluding hydrogens is 1160 g/mol. The van der Waals surface area contributed by atoms with Gasteiger partial charge in [0.15, 0.2) is 9.84 Å². The summed E-state index contributed by atoms with van der Waals surface area (Å²) in [7, 11) is -3.36. The molecule has 4 saturated carbocycles. The summed E-state index contributed by atoms with van der Waals surface area (Å²) in [5.41, 5.74) is 5.40. The number of aromatic nitrogens is 2. The van der Waals surface area contributed by atoms with Gasteiger partial charge < -0.3 is 43.5 Å². The molecule has 5 heterocycles. The number of sulfone groups is 1. The summed E-state index contributed by atoms with van der Waals surface area (Å²) < 4.78 is 84.3. The predicted octanol–water partition coefficient (Wildman–Crippen LogP) is 13.4. The van der Waals surface area contributed by atoms with E-state index >= 15 is 4.39 Å². The second-order valence-corrected chi connectivity index (χ2v) is 26.4. The zero-order chi connectivity index (χ0) is 56.3. The smallest absolute Gasteiger partial charge is 0.338 e. The van der Waals surface area contributed by atoms with Gasteiger partial charge in [-0.2, -0.15) is 0 Å². The molecule has 2 aromatic heterocycles. The van der Waals surface area contributed by atoms with E-state index in [4.69, 9.17) is 74.8 Å². The third-order valence-corrected chi connectivity index (χ3v) is 20.7. The maximum atomic E-state index is 15.2. The lowest BCUT2D eigenvalue weighted by atomic mass is 10.0. The average molecular weight is 1230 g/mol. The molecule has 7 fully saturated rings. The van der Waals surface area contributed by atoms with E-state index in [0.29, 0.717) is 118 Å². The highest BCUT2D eigenvalue weighted by Gasteiger charge is 2.48. The van der Waals surface area contributed by atoms with Crippen molar-refractivity contribution < 1.29 is 55.2 Å². The maximum absolute atomic E-state index is 15.2. The summed E-state index contributed by atoms with van der Waals surface area (Å²) in [6.45, 7) is 2.94. The Morgan fingerprint density at radius 1 is 0.659 bits per heavy atom. The third-order valence-electron chi connectivity index (χ3n) is 17.2. The lowest BCUT2D eigenvalue weighted by Gasteiger charge is -2.33. The molecule has 0 radical (unpaired) electrons. The number of piperidine rings is 2. The van der Waals surface area contributed by atoms with Crippen LogP contribution in [-0.4, -0.2) is 104 Å². The number of carbonyl (C=O) groups is 2. The zero-order valence-corrected chi connectivity index (χ0v) is 47.8. The van der Waals surface area contributed by atoms with Crippen LogP contribution in [-0.2, 0) is 37.3 Å². The minimum Gasteiger partial charge on any atom is -0.478 e. The number of hydrogen-bond donors (Lipinski definition) is 2. The Labute approximate surface area is 494 Å². The van der Waals surface area contributed by atoms with Gasteiger partial charge in [0.1, 0.15) is 34.5 Å². The molecule has 82 heavy (non-hydrogen) atoms. The van der Waals surface area contributed by atoms with E-state index < -0.39 is 38.6 Å². The number of hydrogen-bond acceptors (Lipinski definition) is 13. The summed E-state index contributed by atoms with van der Waals surface area (Å²) in [4.78, 5) is 28.2. The number of carboxylic acids is 1. The van der Waals surface area contributed by atoms with Crippen molar-refractivity contribution in [2.45, 2.75) is 126 Å². The number of amides is 1. The average Bonchev–Trinajstić information content (AvgIpc) is 4.08. The summed E-state index contributed by atoms with van der Waals surface area (Å²) >= 11 is 25.9. The zero-order valence-electron chi connectivity index (χ0n) is 43.9. The minimum atomic E-state index is -3.36. The Hall–Kier alpha value is -5.31. The van der Waals surface area contributed by atoms with Gasteiger partial charge in [0, 0.05) is 102 Å². The van der Waals surface area contributed by atoms with E-state index in [1.807, 2.05) is 0 Å². The summed E-state index contributed by atoms with van der Waals surface area (Å²) in [5, 5.41) is 21.9. The fourth-order valence-corrected chi connectivity index (χ4v) is 15.4. The molecule has 3 aliphatic heterocycles. The maximum Gasteiger partial charge on any atom is 0.338 e. The Balaban J connectivity index is 0.000000176. The van der Waals surface area contributed by atoms with Crippen molar-refractivity contribution in [3.8, 4) is 22.5 Å². The van der Waals surface area contributed by atoms with Crippen LogP contribution in [0.5, 0.6) is 0 Å². The monoisotopic (exact) mass is 1220 g/mol. The molecule has 22 heteroatoms. The van der Waals surface area contributed by atoms with Crippen molar-refractivity contribution in [1.29, 1.82) is 0 Å². The molecule has 0 spiro atoms. The van der Waals surface area contributed by atoms with Crippen molar-refractivity contribution in [2.75, 3.05) is 48.4 Å². The van der Waals surface area contributed by atoms with Crippen LogP contribution in [0.1, 0.15) is 127 Å². The van der Waals surface area contributed by atoms with Crippen LogP contribution in [0.4, 0.5) is 20.2 Å². The molecule has 4 bridgehead atoms. The van der Waals surface area contributed by atoms with Crippen LogP contribution < -0.4 is 15.1 Å². The number of nitrogens with zero attached hydrogens (tertiary/aromatic N) is 4. The highest BCUT2D eigenvalue weighted by atomic mass is 35.5. The topological polar surface area (TPSA) is 187 Å². The Morgan fingerprint density at radius 3 is 1.51 bits per heavy atom. The quantitative estimate of drug-likeness (QED) is 0.0827. The first-order valence-corrected chi connectivity index (χ1v) is 30.8. The molecule has 4 aliphatic carbocycles. The third kappa shape index (κ3) is 12.0. The first kappa shape index (κ1) is 58.5. The number of benzene rings is 4. The molecule has 436 valence electrons. The Morgan fingerprint density at radius 2 is 1.11 bits per heavy atom. The second-order valence-electron chi connectivity index (χ2n) is 22.3. The lowest BCUT2D eigenvalue weighted by Crippen LogP contribution is -2.38. The Kier molecular flexibility index (Phi) is 17.4. The van der Waals surface area contributed by atoms with Gasteiger partial charge in [-0.15, -0.1) is 0 Å². The normalized spacial score (nSPS) is 23.0. The molecule has 6 atom stereocenters. The SMILES string of the molecule is C.O=C(NCCS(=O)(=O)C1CCOCC1)c1ccc(N2C[C@@H]3C[C@H]2C[C@H]3OCc2c(-c3c(Cl)cccc3Cl)noc2C2CC2)cc1F.O=C(O)c1ccc(N2C[C@@H]3C[C@H]2C[C@H]3OCc2c(-c3c(Cl)cccc3Cl)noc2C2CC2)cc1F. The first-order chi connectivity index (χ1) is 39.1. The van der Waals surface area contributed by atoms with Crippen molar-refractivity contribution in [1.82, 2.24) is 15.6 Å². The highest BCUT2D eigenvalue weighted by molar-refractivity contribution is 7.92. The molecule has 15 nitrogen and oxygen atoms in total. The van der Waals surface area contributed by atoms with Gasteiger partial charge in [0.25, 0.3) is 5.91 Å². The number of aromatic carboxylic acids is 1. The summed E-state index contributed by atoms with van der Waals surface area (Å²) in [6, 6.07) is 20.1. The van der Waals surface area contributed by atoms with Gasteiger partial charge in [-0.05, 0) is 125 Å². The Bertz CT molecular complexity index is 3440. The van der Waals surface area contributed by atoms with E-state index in [-0.39, 0.29) is 61.1 Å². The number of fused-ring (bicyclic) bond motifs is 4. The van der Waals surface area contributed by atoms with E-state index in [2.05, 4.69) is 25.4 Å². The lowest BCUT2D eigenvalue weighted by molar-refractivity contribution is 0.0122. The number of ether oxygens (including phenoxy) is 3. The fourth-order valence-electron chi connectivity index (χ4n) is 12.7. The molecule has 4 aromatic carbocycles. The molecule has 7 aliphatic rings. The van der Waals surface area contributed by atoms with Crippen molar-refractivity contribution in [3.05, 3.63) is 138 Å². The van der Waals surface area contributed by atoms with Gasteiger partial charge in [0.05, 0.1) is 67.6 Å². The van der Waals surface area contributed by atoms with Crippen molar-refractivity contribution >= 4 is 79.5 Å². The van der Waals surface area contributed by atoms with E-state index in [9.17, 15) is 22.4 Å². The molecular formula is C60H63Cl4F2N5O10S. The van der Waals surface area contributed by atoms with E-state index in [1.165, 1.54) is 24.3 Å². The van der Waals surface area contributed by atoms with Gasteiger partial charge in [-0.25, -0.2) is 22.0 Å². The van der Waals surface area contributed by atoms with Crippen LogP contribution in [0.25, 0.3) is 22.5 Å². The minimum absolute atomic E-state index is 0. The largest absolute Gasteiger partial charge is 0.478 e. The van der Waals surface area contributed by atoms with Crippen LogP contribution in [0.15, 0.2) is 81.8 Å². The number of carboxylic acid groups (broad SMARTS) is 1. The van der Waals surface area contributed by atoms with Crippen LogP contribution in [0.3, 0.4) is 0 Å². The second kappa shape index (κ2) is 24.3. The summed E-state index contributed by atoms with van der Waals surface area (Å²) in [6.07, 6.45) is 8.75. The number of nitrogens with one attached hydrogen (secondary N) is 1. The van der Waals surface area contributed by atoms with Gasteiger partial charge >= 0.3 is 5.97 Å². The number of anilines is 2. The number of carbonyl (C=O) groups excluding carboxylic acids is 1. The first-order valence-electron chi connectivity index (χ1n) is 27.6. The van der Waals surface area contributed by atoms with Crippen LogP contribution >= 0.6 is 46.4 Å². The molecule has 0 unspecified atom stereocenters.